The molecule has 0 saturated heterocycles. The molecule has 23 rings (SSSR count). The van der Waals surface area contributed by atoms with Gasteiger partial charge in [-0.2, -0.15) is 0 Å². The smallest absolute Gasteiger partial charge is 0.160 e. The molecule has 0 bridgehead atoms. The Labute approximate surface area is 616 Å². The number of hydrogen-bond acceptors (Lipinski definition) is 9. The number of nitrogens with zero attached hydrogens (tertiary/aromatic N) is 6. The largest absolute Gasteiger partial charge is 0.455 e. The maximum atomic E-state index is 6.34. The van der Waals surface area contributed by atoms with Crippen LogP contribution >= 0.6 is 11.3 Å². The zero-order valence-electron chi connectivity index (χ0n) is 57.4. The third-order valence-corrected chi connectivity index (χ3v) is 21.9. The molecular weight excluding hydrogens is 1330 g/mol. The number of benzene rings is 17. The molecule has 9 heteroatoms. The lowest BCUT2D eigenvalue weighted by Crippen LogP contribution is -1.96. The standard InChI is InChI=1S/2C34H20N2O.C30H18N2S/c1-2-9-23(10-3-1)32-31-25-11-5-4-8-21(25)17-19-29(31)35-34(36-32)24-15-14-22-16-18-27-26-12-6-7-13-30(26)37-33(27)28(22)20-24;1-2-9-23(10-3-1)31-28-19-17-21-8-4-5-11-25(21)32(28)36-34(35-31)24-15-14-22-16-18-27-26-12-6-7-13-30(26)37-33(27)29(22)20-24;1-2-8-19(9-3-1)29-24-11-4-6-12-26(24)31-30(32-29)21-15-14-20-17-25-23-10-5-7-13-27(23)33-28(25)18-22(20)16-21/h2*1-20H;1-18H. The second-order valence-corrected chi connectivity index (χ2v) is 28.2. The molecule has 0 atom stereocenters. The van der Waals surface area contributed by atoms with Gasteiger partial charge in [0.05, 0.1) is 33.6 Å². The van der Waals surface area contributed by atoms with Crippen molar-refractivity contribution in [3.63, 3.8) is 0 Å². The van der Waals surface area contributed by atoms with Crippen LogP contribution in [0.5, 0.6) is 0 Å². The Morgan fingerprint density at radius 1 is 0.206 bits per heavy atom. The predicted octanol–water partition coefficient (Wildman–Crippen LogP) is 26.8. The molecule has 0 aliphatic carbocycles. The molecule has 0 saturated carbocycles. The Hall–Kier alpha value is -14.1. The first kappa shape index (κ1) is 61.5. The normalized spacial score (nSPS) is 11.7. The van der Waals surface area contributed by atoms with E-state index in [1.807, 2.05) is 65.9 Å². The molecule has 6 heterocycles. The van der Waals surface area contributed by atoms with Crippen LogP contribution in [-0.2, 0) is 0 Å². The van der Waals surface area contributed by atoms with Gasteiger partial charge in [0.2, 0.25) is 0 Å². The van der Waals surface area contributed by atoms with Crippen LogP contribution in [0.15, 0.2) is 361 Å². The van der Waals surface area contributed by atoms with E-state index < -0.39 is 0 Å². The van der Waals surface area contributed by atoms with Gasteiger partial charge in [-0.25, -0.2) is 29.9 Å². The highest BCUT2D eigenvalue weighted by Gasteiger charge is 2.21. The molecule has 0 fully saturated rings. The molecule has 0 aliphatic heterocycles. The zero-order chi connectivity index (χ0) is 70.5. The first-order valence-electron chi connectivity index (χ1n) is 35.9. The lowest BCUT2D eigenvalue weighted by atomic mass is 9.99. The van der Waals surface area contributed by atoms with Crippen LogP contribution in [0.2, 0.25) is 0 Å². The summed E-state index contributed by atoms with van der Waals surface area (Å²) in [5, 5.41) is 21.8. The predicted molar refractivity (Wildman–Crippen MR) is 446 cm³/mol. The third kappa shape index (κ3) is 10.7. The Morgan fingerprint density at radius 2 is 0.636 bits per heavy atom. The maximum Gasteiger partial charge on any atom is 0.160 e. The first-order chi connectivity index (χ1) is 53.0. The van der Waals surface area contributed by atoms with Crippen LogP contribution in [0, 0.1) is 0 Å². The first-order valence-corrected chi connectivity index (χ1v) is 36.7. The highest BCUT2D eigenvalue weighted by Crippen LogP contribution is 2.43. The number of thiophene rings is 1. The molecular formula is C98H58N6O2S. The summed E-state index contributed by atoms with van der Waals surface area (Å²) < 4.78 is 15.3. The molecule has 8 nitrogen and oxygen atoms in total. The number of rotatable bonds is 6. The van der Waals surface area contributed by atoms with E-state index >= 15 is 0 Å². The van der Waals surface area contributed by atoms with Gasteiger partial charge >= 0.3 is 0 Å². The summed E-state index contributed by atoms with van der Waals surface area (Å²) in [6.45, 7) is 0. The third-order valence-electron chi connectivity index (χ3n) is 20.8. The fraction of sp³-hybridized carbons (Fsp3) is 0. The van der Waals surface area contributed by atoms with Crippen LogP contribution in [0.3, 0.4) is 0 Å². The maximum absolute atomic E-state index is 6.34. The summed E-state index contributed by atoms with van der Waals surface area (Å²) in [7, 11) is 0. The molecule has 17 aromatic carbocycles. The van der Waals surface area contributed by atoms with Gasteiger partial charge in [-0.15, -0.1) is 11.3 Å². The molecule has 107 heavy (non-hydrogen) atoms. The van der Waals surface area contributed by atoms with Gasteiger partial charge in [0.1, 0.15) is 22.3 Å². The molecule has 0 N–H and O–H groups in total. The number of aromatic nitrogens is 6. The average molecular weight is 1380 g/mol. The summed E-state index contributed by atoms with van der Waals surface area (Å²) in [5.74, 6) is 2.17. The molecule has 0 amide bonds. The number of fused-ring (bicyclic) bond motifs is 21. The van der Waals surface area contributed by atoms with E-state index in [9.17, 15) is 0 Å². The van der Waals surface area contributed by atoms with Crippen molar-refractivity contribution < 1.29 is 8.83 Å². The van der Waals surface area contributed by atoms with Crippen molar-refractivity contribution in [1.29, 1.82) is 0 Å². The van der Waals surface area contributed by atoms with E-state index in [1.165, 1.54) is 41.7 Å². The second-order valence-electron chi connectivity index (χ2n) is 27.1. The Morgan fingerprint density at radius 3 is 1.26 bits per heavy atom. The van der Waals surface area contributed by atoms with Crippen LogP contribution in [0.25, 0.3) is 219 Å². The highest BCUT2D eigenvalue weighted by atomic mass is 32.1. The highest BCUT2D eigenvalue weighted by molar-refractivity contribution is 7.25. The minimum absolute atomic E-state index is 0.705. The quantitative estimate of drug-likeness (QED) is 0.152. The fourth-order valence-corrected chi connectivity index (χ4v) is 16.7. The second kappa shape index (κ2) is 25.4. The van der Waals surface area contributed by atoms with E-state index in [2.05, 4.69) is 297 Å². The molecule has 0 unspecified atom stereocenters. The molecule has 0 radical (unpaired) electrons. The van der Waals surface area contributed by atoms with Gasteiger partial charge in [0.15, 0.2) is 17.5 Å². The van der Waals surface area contributed by atoms with E-state index in [0.29, 0.717) is 11.6 Å². The van der Waals surface area contributed by atoms with Crippen LogP contribution in [0.4, 0.5) is 0 Å². The average Bonchev–Trinajstić information content (AvgIpc) is 1.74. The Bertz CT molecular complexity index is 7520. The van der Waals surface area contributed by atoms with Gasteiger partial charge in [-0.1, -0.05) is 273 Å². The van der Waals surface area contributed by atoms with E-state index in [0.717, 1.165) is 165 Å². The van der Waals surface area contributed by atoms with Gasteiger partial charge in [0, 0.05) is 107 Å². The molecule has 0 aliphatic rings. The van der Waals surface area contributed by atoms with Crippen LogP contribution < -0.4 is 0 Å². The molecule has 6 aromatic heterocycles. The summed E-state index contributed by atoms with van der Waals surface area (Å²) >= 11 is 1.85. The monoisotopic (exact) mass is 1380 g/mol. The minimum Gasteiger partial charge on any atom is -0.455 e. The van der Waals surface area contributed by atoms with Gasteiger partial charge in [-0.05, 0) is 117 Å². The molecule has 0 spiro atoms. The minimum atomic E-state index is 0.705. The number of hydrogen-bond donors (Lipinski definition) is 0. The van der Waals surface area contributed by atoms with Crippen molar-refractivity contribution in [1.82, 2.24) is 29.9 Å². The number of para-hydroxylation sites is 3. The number of furan rings is 2. The van der Waals surface area contributed by atoms with Gasteiger partial charge in [0.25, 0.3) is 0 Å². The SMILES string of the molecule is c1ccc(-c2nc(-c3ccc4cc5c(cc4c3)sc3ccccc35)nc3ccccc23)cc1.c1ccc(-c2nc(-c3ccc4ccc5c6ccccc6oc5c4c3)nc3c2ccc2ccccc23)cc1.c1ccc(-c2nc(-c3ccc4ccc5c6ccccc6oc5c4c3)nc3ccc4ccccc4c23)cc1. The topological polar surface area (TPSA) is 104 Å². The van der Waals surface area contributed by atoms with Crippen LogP contribution in [-0.4, -0.2) is 29.9 Å². The lowest BCUT2D eigenvalue weighted by molar-refractivity contribution is 0.672. The van der Waals surface area contributed by atoms with Crippen molar-refractivity contribution in [3.8, 4) is 67.9 Å². The Kier molecular flexibility index (Phi) is 14.6. The van der Waals surface area contributed by atoms with Crippen molar-refractivity contribution in [2.75, 3.05) is 0 Å². The molecule has 498 valence electrons. The Balaban J connectivity index is 0.000000103. The zero-order valence-corrected chi connectivity index (χ0v) is 58.2. The van der Waals surface area contributed by atoms with E-state index in [4.69, 9.17) is 38.7 Å². The van der Waals surface area contributed by atoms with Crippen LogP contribution in [0.1, 0.15) is 0 Å². The summed E-state index contributed by atoms with van der Waals surface area (Å²) in [6.07, 6.45) is 0. The van der Waals surface area contributed by atoms with E-state index in [-0.39, 0.29) is 0 Å². The summed E-state index contributed by atoms with van der Waals surface area (Å²) in [4.78, 5) is 30.5. The van der Waals surface area contributed by atoms with E-state index in [1.54, 1.807) is 0 Å². The van der Waals surface area contributed by atoms with Crippen molar-refractivity contribution in [2.45, 2.75) is 0 Å². The van der Waals surface area contributed by atoms with Gasteiger partial charge < -0.3 is 8.83 Å². The summed E-state index contributed by atoms with van der Waals surface area (Å²) in [5.41, 5.74) is 15.5. The van der Waals surface area contributed by atoms with Crippen molar-refractivity contribution >= 4 is 162 Å². The van der Waals surface area contributed by atoms with Gasteiger partial charge in [-0.3, -0.25) is 0 Å². The summed E-state index contributed by atoms with van der Waals surface area (Å²) in [6, 6.07) is 122. The van der Waals surface area contributed by atoms with Crippen molar-refractivity contribution in [2.24, 2.45) is 0 Å². The van der Waals surface area contributed by atoms with Crippen molar-refractivity contribution in [3.05, 3.63) is 352 Å². The lowest BCUT2D eigenvalue weighted by Gasteiger charge is -2.12. The fourth-order valence-electron chi connectivity index (χ4n) is 15.6. The molecule has 23 aromatic rings.